The summed E-state index contributed by atoms with van der Waals surface area (Å²) in [5.74, 6) is -0.165. The Morgan fingerprint density at radius 1 is 1.12 bits per heavy atom. The van der Waals surface area contributed by atoms with E-state index in [-0.39, 0.29) is 43.9 Å². The molecule has 0 amide bonds. The van der Waals surface area contributed by atoms with Gasteiger partial charge in [0.25, 0.3) is 0 Å². The molecule has 5 N–H and O–H groups in total. The van der Waals surface area contributed by atoms with Gasteiger partial charge in [0.05, 0.1) is 19.3 Å². The van der Waals surface area contributed by atoms with E-state index in [4.69, 9.17) is 33.8 Å². The second-order valence-electron chi connectivity index (χ2n) is 16.4. The highest BCUT2D eigenvalue weighted by Crippen LogP contribution is 2.69. The number of piperidine rings is 1. The molecule has 56 heavy (non-hydrogen) atoms. The molecule has 4 aromatic rings. The van der Waals surface area contributed by atoms with E-state index in [0.717, 1.165) is 27.6 Å². The fourth-order valence-electron chi connectivity index (χ4n) is 11.3. The van der Waals surface area contributed by atoms with Crippen molar-refractivity contribution in [1.29, 1.82) is 0 Å². The van der Waals surface area contributed by atoms with Crippen LogP contribution in [0.5, 0.6) is 28.7 Å². The van der Waals surface area contributed by atoms with Crippen molar-refractivity contribution in [3.8, 4) is 28.7 Å². The number of rotatable bonds is 3. The molecular formula is C42H45N3O10S. The quantitative estimate of drug-likeness (QED) is 0.170. The number of likely N-dealkylation sites (N-methyl/N-ethyl adjacent to an activating group) is 1. The topological polar surface area (TPSA) is 175 Å². The zero-order valence-electron chi connectivity index (χ0n) is 31.9. The van der Waals surface area contributed by atoms with Crippen molar-refractivity contribution in [2.75, 3.05) is 46.4 Å². The number of ether oxygens (including phenoxy) is 5. The smallest absolute Gasteiger partial charge is 0.335 e. The van der Waals surface area contributed by atoms with Gasteiger partial charge in [0.2, 0.25) is 6.79 Å². The standard InChI is InChI=1S/C42H45N3O10S/c1-18-10-21-12-41(49)15-45(4)32(27(21)33(47)34(18)50-5)30-31(41)25-14-51-40(48)42(39-24(11-22(13-43)44-42)23-8-6-7-9-26(23)55-39)16-56-38(30)29-28(25)37-36(52-17-53-37)19(2)35(29)54-20(3)46/h6-10,22,25,30-32,38,44,47,49H,11-17,43H2,1-5H3/t22-,25-,30+,31?,32-,38+,41?,42+/m0/s1. The Labute approximate surface area is 327 Å². The Hall–Kier alpha value is -4.47. The number of aryl methyl sites for hydroxylation is 1. The van der Waals surface area contributed by atoms with E-state index in [1.807, 2.05) is 51.2 Å². The van der Waals surface area contributed by atoms with Gasteiger partial charge in [-0.1, -0.05) is 24.3 Å². The van der Waals surface area contributed by atoms with E-state index >= 15 is 4.79 Å². The average molecular weight is 784 g/mol. The molecule has 8 aliphatic rings. The number of esters is 2. The third-order valence-corrected chi connectivity index (χ3v) is 14.7. The molecule has 2 fully saturated rings. The van der Waals surface area contributed by atoms with E-state index < -0.39 is 52.1 Å². The van der Waals surface area contributed by atoms with E-state index in [9.17, 15) is 15.0 Å². The second kappa shape index (κ2) is 12.5. The summed E-state index contributed by atoms with van der Waals surface area (Å²) >= 11 is 1.52. The van der Waals surface area contributed by atoms with Crippen LogP contribution in [-0.2, 0) is 32.7 Å². The highest BCUT2D eigenvalue weighted by atomic mass is 32.2. The SMILES string of the molecule is COc1c(C)cc2c(c1O)[C@H]1[C@H]3C([C@H]4COC(=O)[C@]5(CS[C@@H]3c3c(OC(C)=O)c(C)c6c(c34)OCO6)N[C@H](CN)Cc3c5oc4ccccc34)C(O)(C2)CN1C. The van der Waals surface area contributed by atoms with Crippen LogP contribution in [0.1, 0.15) is 68.8 Å². The molecule has 8 atom stereocenters. The lowest BCUT2D eigenvalue weighted by Crippen LogP contribution is -2.64. The molecule has 14 heteroatoms. The van der Waals surface area contributed by atoms with Crippen molar-refractivity contribution in [3.63, 3.8) is 0 Å². The van der Waals surface area contributed by atoms with Crippen molar-refractivity contribution >= 4 is 34.7 Å². The first kappa shape index (κ1) is 35.9. The largest absolute Gasteiger partial charge is 0.504 e. The van der Waals surface area contributed by atoms with E-state index in [2.05, 4.69) is 10.2 Å². The minimum absolute atomic E-state index is 0.0408. The number of phenolic OH excluding ortho intramolecular Hbond substituents is 1. The number of aliphatic hydroxyl groups is 1. The van der Waals surface area contributed by atoms with Crippen molar-refractivity contribution in [2.24, 2.45) is 17.6 Å². The van der Waals surface area contributed by atoms with Gasteiger partial charge < -0.3 is 44.0 Å². The van der Waals surface area contributed by atoms with Crippen molar-refractivity contribution < 1.29 is 47.9 Å². The number of para-hydroxylation sites is 1. The number of fused-ring (bicyclic) bond motifs is 8. The van der Waals surface area contributed by atoms with Crippen LogP contribution in [0.2, 0.25) is 0 Å². The molecule has 294 valence electrons. The maximum atomic E-state index is 15.0. The van der Waals surface area contributed by atoms with Crippen LogP contribution in [0.4, 0.5) is 0 Å². The summed E-state index contributed by atoms with van der Waals surface area (Å²) in [5, 5.41) is 29.4. The van der Waals surface area contributed by atoms with Gasteiger partial charge in [-0.3, -0.25) is 15.0 Å². The highest BCUT2D eigenvalue weighted by molar-refractivity contribution is 7.99. The number of hydrogen-bond acceptors (Lipinski definition) is 14. The molecule has 7 heterocycles. The molecule has 1 aromatic heterocycles. The lowest BCUT2D eigenvalue weighted by molar-refractivity contribution is -0.161. The number of carbonyl (C=O) groups is 2. The van der Waals surface area contributed by atoms with E-state index in [1.165, 1.54) is 18.7 Å². The predicted octanol–water partition coefficient (Wildman–Crippen LogP) is 4.42. The van der Waals surface area contributed by atoms with Gasteiger partial charge in [0, 0.05) is 100 Å². The van der Waals surface area contributed by atoms with Gasteiger partial charge in [-0.05, 0) is 44.5 Å². The Morgan fingerprint density at radius 2 is 1.91 bits per heavy atom. The monoisotopic (exact) mass is 783 g/mol. The van der Waals surface area contributed by atoms with Crippen LogP contribution in [0, 0.1) is 25.7 Å². The number of hydrogen-bond donors (Lipinski definition) is 4. The summed E-state index contributed by atoms with van der Waals surface area (Å²) in [5.41, 5.74) is 9.49. The Balaban J connectivity index is 1.26. The number of thioether (sulfide) groups is 1. The minimum Gasteiger partial charge on any atom is -0.504 e. The number of aromatic hydroxyl groups is 1. The zero-order valence-corrected chi connectivity index (χ0v) is 32.7. The number of nitrogens with two attached hydrogens (primary N) is 1. The summed E-state index contributed by atoms with van der Waals surface area (Å²) in [7, 11) is 3.52. The average Bonchev–Trinajstić information content (AvgIpc) is 3.76. The molecule has 1 spiro atoms. The minimum atomic E-state index is -1.44. The number of nitrogens with one attached hydrogen (secondary N) is 1. The van der Waals surface area contributed by atoms with Crippen LogP contribution in [0.3, 0.4) is 0 Å². The van der Waals surface area contributed by atoms with Crippen LogP contribution in [-0.4, -0.2) is 85.1 Å². The number of benzene rings is 3. The summed E-state index contributed by atoms with van der Waals surface area (Å²) in [6, 6.07) is 9.08. The normalized spacial score (nSPS) is 31.3. The second-order valence-corrected chi connectivity index (χ2v) is 17.5. The van der Waals surface area contributed by atoms with Gasteiger partial charge in [-0.15, -0.1) is 0 Å². The predicted molar refractivity (Wildman–Crippen MR) is 205 cm³/mol. The Bertz CT molecular complexity index is 2360. The summed E-state index contributed by atoms with van der Waals surface area (Å²) < 4.78 is 37.4. The van der Waals surface area contributed by atoms with Crippen LogP contribution in [0.25, 0.3) is 11.0 Å². The number of phenols is 1. The van der Waals surface area contributed by atoms with Gasteiger partial charge >= 0.3 is 11.9 Å². The summed E-state index contributed by atoms with van der Waals surface area (Å²) in [6.45, 7) is 5.51. The third kappa shape index (κ3) is 4.76. The van der Waals surface area contributed by atoms with Gasteiger partial charge in [0.15, 0.2) is 28.5 Å². The molecule has 0 radical (unpaired) electrons. The number of nitrogens with zero attached hydrogens (tertiary/aromatic N) is 1. The van der Waals surface area contributed by atoms with Crippen molar-refractivity contribution in [3.05, 3.63) is 75.0 Å². The molecule has 2 aliphatic carbocycles. The van der Waals surface area contributed by atoms with E-state index in [0.29, 0.717) is 64.0 Å². The summed E-state index contributed by atoms with van der Waals surface area (Å²) in [6.07, 6.45) is 0.812. The highest BCUT2D eigenvalue weighted by Gasteiger charge is 2.65. The van der Waals surface area contributed by atoms with Crippen LogP contribution >= 0.6 is 11.8 Å². The van der Waals surface area contributed by atoms with Crippen molar-refractivity contribution in [1.82, 2.24) is 10.2 Å². The van der Waals surface area contributed by atoms with Gasteiger partial charge in [-0.25, -0.2) is 4.79 Å². The first-order chi connectivity index (χ1) is 26.9. The number of furan rings is 1. The first-order valence-electron chi connectivity index (χ1n) is 19.1. The molecule has 2 saturated heterocycles. The fraction of sp³-hybridized carbons (Fsp3) is 0.476. The molecule has 13 nitrogen and oxygen atoms in total. The Kier molecular flexibility index (Phi) is 8.02. The fourth-order valence-corrected chi connectivity index (χ4v) is 13.0. The van der Waals surface area contributed by atoms with Gasteiger partial charge in [0.1, 0.15) is 17.1 Å². The molecular weight excluding hydrogens is 739 g/mol. The molecule has 6 aliphatic heterocycles. The zero-order chi connectivity index (χ0) is 39.0. The summed E-state index contributed by atoms with van der Waals surface area (Å²) in [4.78, 5) is 30.1. The van der Waals surface area contributed by atoms with Crippen molar-refractivity contribution in [2.45, 2.75) is 68.0 Å². The third-order valence-electron chi connectivity index (χ3n) is 13.2. The Morgan fingerprint density at radius 3 is 2.68 bits per heavy atom. The van der Waals surface area contributed by atoms with E-state index in [1.54, 1.807) is 7.11 Å². The maximum Gasteiger partial charge on any atom is 0.335 e. The van der Waals surface area contributed by atoms with Gasteiger partial charge in [-0.2, -0.15) is 11.8 Å². The first-order valence-corrected chi connectivity index (χ1v) is 20.2. The molecule has 12 rings (SSSR count). The van der Waals surface area contributed by atoms with Crippen LogP contribution < -0.4 is 30.0 Å². The lowest BCUT2D eigenvalue weighted by Gasteiger charge is -2.58. The van der Waals surface area contributed by atoms with Crippen LogP contribution in [0.15, 0.2) is 34.7 Å². The number of methoxy groups -OCH3 is 1. The molecule has 2 unspecified atom stereocenters. The molecule has 0 saturated carbocycles. The molecule has 3 aromatic carbocycles. The lowest BCUT2D eigenvalue weighted by atomic mass is 9.57. The maximum absolute atomic E-state index is 15.0. The number of carbonyl (C=O) groups excluding carboxylic acids is 2. The molecule has 4 bridgehead atoms.